The maximum atomic E-state index is 6.24. The molecule has 6 aromatic carbocycles. The molecule has 0 fully saturated rings. The summed E-state index contributed by atoms with van der Waals surface area (Å²) in [5.41, 5.74) is 18.3. The zero-order valence-corrected chi connectivity index (χ0v) is 46.6. The number of aromatic nitrogens is 2. The van der Waals surface area contributed by atoms with E-state index in [1.54, 1.807) is 12.5 Å². The smallest absolute Gasteiger partial charge is 0.135 e. The number of benzene rings is 6. The van der Waals surface area contributed by atoms with Gasteiger partial charge in [-0.1, -0.05) is 163 Å². The molecule has 3 aromatic heterocycles. The third kappa shape index (κ3) is 12.2. The molecular formula is C70H75N3OS. The number of furan rings is 1. The molecule has 10 rings (SSSR count). The molecule has 9 aromatic rings. The molecule has 75 heavy (non-hydrogen) atoms. The Kier molecular flexibility index (Phi) is 19.2. The van der Waals surface area contributed by atoms with Crippen molar-refractivity contribution in [2.24, 2.45) is 16.8 Å². The Morgan fingerprint density at radius 2 is 1.36 bits per heavy atom. The zero-order chi connectivity index (χ0) is 53.6. The summed E-state index contributed by atoms with van der Waals surface area (Å²) in [5, 5.41) is 4.86. The standard InChI is InChI=1S/C55H45N3O.C8H14.C6H12.CH4S/c1-5-8-20-44-36(4)59-55-30-27-43(35-49(44)55)58-53-28-25-39(37-16-13-18-41(31-37)50(15-6-2)56-7-3)33-47(53)48-34-40(26-29-54(48)58)38-17-14-19-42(32-38)57-51-23-11-9-21-45(51)46-22-10-12-24-52(46)57;1-5-7(3)8(4)6-2;1-4-5-6(2)3;1-2/h6-9,11-21,23-35H,3,5,10,22H2,1-2,4H3;5,8H,1,3,6H2,2,4H3;4-6H,1-3H3;2H,1H3/b15-6-,20-8-,56-50?;;5-4+;. The van der Waals surface area contributed by atoms with Gasteiger partial charge in [0.15, 0.2) is 0 Å². The highest BCUT2D eigenvalue weighted by molar-refractivity contribution is 7.79. The minimum absolute atomic E-state index is 0.604. The number of para-hydroxylation sites is 1. The molecule has 5 heteroatoms. The molecule has 1 aliphatic rings. The van der Waals surface area contributed by atoms with Crippen LogP contribution in [0.1, 0.15) is 95.9 Å². The van der Waals surface area contributed by atoms with Crippen molar-refractivity contribution < 1.29 is 4.42 Å². The van der Waals surface area contributed by atoms with Gasteiger partial charge >= 0.3 is 0 Å². The fraction of sp³-hybridized carbons (Fsp3) is 0.214. The van der Waals surface area contributed by atoms with Crippen molar-refractivity contribution in [3.05, 3.63) is 230 Å². The van der Waals surface area contributed by atoms with Crippen LogP contribution in [0.15, 0.2) is 211 Å². The number of fused-ring (bicyclic) bond motifs is 7. The lowest BCUT2D eigenvalue weighted by molar-refractivity contribution is 0.577. The maximum absolute atomic E-state index is 6.24. The Balaban J connectivity index is 0.000000450. The number of allylic oxidation sites excluding steroid dienone is 8. The van der Waals surface area contributed by atoms with Crippen molar-refractivity contribution in [2.45, 2.75) is 81.1 Å². The minimum atomic E-state index is 0.604. The first-order chi connectivity index (χ1) is 36.5. The van der Waals surface area contributed by atoms with Gasteiger partial charge in [0.05, 0.1) is 22.3 Å². The highest BCUT2D eigenvalue weighted by Gasteiger charge is 2.20. The second kappa shape index (κ2) is 26.1. The van der Waals surface area contributed by atoms with E-state index in [4.69, 9.17) is 4.42 Å². The molecule has 0 bridgehead atoms. The maximum Gasteiger partial charge on any atom is 0.135 e. The monoisotopic (exact) mass is 1010 g/mol. The van der Waals surface area contributed by atoms with Gasteiger partial charge in [0.2, 0.25) is 0 Å². The van der Waals surface area contributed by atoms with Crippen molar-refractivity contribution in [1.29, 1.82) is 0 Å². The van der Waals surface area contributed by atoms with Crippen LogP contribution in [-0.2, 0) is 6.42 Å². The second-order valence-corrected chi connectivity index (χ2v) is 19.2. The van der Waals surface area contributed by atoms with Gasteiger partial charge in [-0.3, -0.25) is 4.99 Å². The summed E-state index contributed by atoms with van der Waals surface area (Å²) in [7, 11) is 0. The zero-order valence-electron chi connectivity index (χ0n) is 45.7. The van der Waals surface area contributed by atoms with Gasteiger partial charge in [-0.05, 0) is 171 Å². The van der Waals surface area contributed by atoms with E-state index < -0.39 is 0 Å². The van der Waals surface area contributed by atoms with Crippen LogP contribution in [-0.4, -0.2) is 21.1 Å². The fourth-order valence-electron chi connectivity index (χ4n) is 9.94. The molecule has 0 amide bonds. The van der Waals surface area contributed by atoms with Crippen LogP contribution in [0.4, 0.5) is 0 Å². The quantitative estimate of drug-likeness (QED) is 0.0531. The van der Waals surface area contributed by atoms with Gasteiger partial charge in [-0.2, -0.15) is 12.6 Å². The molecular weight excluding hydrogens is 931 g/mol. The van der Waals surface area contributed by atoms with Gasteiger partial charge in [0.1, 0.15) is 11.3 Å². The molecule has 0 saturated carbocycles. The average Bonchev–Trinajstić information content (AvgIpc) is 4.08. The van der Waals surface area contributed by atoms with E-state index in [1.165, 1.54) is 49.7 Å². The third-order valence-corrected chi connectivity index (χ3v) is 13.9. The minimum Gasteiger partial charge on any atom is -0.461 e. The largest absolute Gasteiger partial charge is 0.461 e. The fourth-order valence-corrected chi connectivity index (χ4v) is 9.94. The number of hydrogen-bond donors (Lipinski definition) is 1. The van der Waals surface area contributed by atoms with Crippen LogP contribution in [0.2, 0.25) is 0 Å². The van der Waals surface area contributed by atoms with Crippen molar-refractivity contribution in [1.82, 2.24) is 9.13 Å². The number of aryl methyl sites for hydroxylation is 2. The molecule has 0 aliphatic heterocycles. The summed E-state index contributed by atoms with van der Waals surface area (Å²) in [6.07, 6.45) is 26.7. The Morgan fingerprint density at radius 3 is 1.97 bits per heavy atom. The molecule has 0 N–H and O–H groups in total. The molecule has 4 nitrogen and oxygen atoms in total. The average molecular weight is 1010 g/mol. The topological polar surface area (TPSA) is 35.4 Å². The highest BCUT2D eigenvalue weighted by Crippen LogP contribution is 2.40. The Bertz CT molecular complexity index is 3630. The summed E-state index contributed by atoms with van der Waals surface area (Å²) in [6.45, 7) is 28.2. The van der Waals surface area contributed by atoms with Gasteiger partial charge in [-0.25, -0.2) is 0 Å². The normalized spacial score (nSPS) is 12.8. The van der Waals surface area contributed by atoms with Crippen LogP contribution in [0.25, 0.3) is 89.5 Å². The first-order valence-electron chi connectivity index (χ1n) is 26.5. The first-order valence-corrected chi connectivity index (χ1v) is 27.4. The number of rotatable bonds is 13. The molecule has 1 atom stereocenters. The number of thiol groups is 1. The predicted molar refractivity (Wildman–Crippen MR) is 335 cm³/mol. The van der Waals surface area contributed by atoms with E-state index in [9.17, 15) is 0 Å². The van der Waals surface area contributed by atoms with Crippen molar-refractivity contribution in [3.63, 3.8) is 0 Å². The second-order valence-electron chi connectivity index (χ2n) is 19.2. The summed E-state index contributed by atoms with van der Waals surface area (Å²) in [5.74, 6) is 2.26. The SMILES string of the molecule is C/C=C/C(C)C.C=CC(=C)C(C)CC.C=CN=C(/C=C\C)c1cccc(-c2ccc3c(c2)c2cc(-c4cccc(-n5c6c(c7ccccc75)CCC=C6)c4)ccc2n3-c2ccc3oc(C)c(/C=C\CC)c3c2)c1.CS. The summed E-state index contributed by atoms with van der Waals surface area (Å²) < 4.78 is 11.1. The number of aliphatic imine (C=N–C) groups is 1. The molecule has 0 radical (unpaired) electrons. The third-order valence-electron chi connectivity index (χ3n) is 13.9. The molecule has 1 unspecified atom stereocenters. The van der Waals surface area contributed by atoms with Crippen LogP contribution in [0.5, 0.6) is 0 Å². The lowest BCUT2D eigenvalue weighted by Crippen LogP contribution is -2.00. The van der Waals surface area contributed by atoms with E-state index in [-0.39, 0.29) is 0 Å². The van der Waals surface area contributed by atoms with E-state index in [0.717, 1.165) is 98.6 Å². The van der Waals surface area contributed by atoms with Crippen molar-refractivity contribution in [2.75, 3.05) is 6.26 Å². The van der Waals surface area contributed by atoms with Crippen LogP contribution in [0.3, 0.4) is 0 Å². The summed E-state index contributed by atoms with van der Waals surface area (Å²) in [6, 6.07) is 46.9. The summed E-state index contributed by atoms with van der Waals surface area (Å²) >= 11 is 3.53. The number of hydrogen-bond acceptors (Lipinski definition) is 3. The number of nitrogens with zero attached hydrogens (tertiary/aromatic N) is 3. The van der Waals surface area contributed by atoms with Crippen molar-refractivity contribution >= 4 is 74.2 Å². The Morgan fingerprint density at radius 1 is 0.707 bits per heavy atom. The summed E-state index contributed by atoms with van der Waals surface area (Å²) in [4.78, 5) is 4.56. The van der Waals surface area contributed by atoms with E-state index >= 15 is 0 Å². The van der Waals surface area contributed by atoms with Gasteiger partial charge in [0, 0.05) is 55.9 Å². The van der Waals surface area contributed by atoms with Crippen LogP contribution < -0.4 is 0 Å². The Labute approximate surface area is 452 Å². The lowest BCUT2D eigenvalue weighted by atomic mass is 9.98. The van der Waals surface area contributed by atoms with Gasteiger partial charge in [-0.15, -0.1) is 0 Å². The van der Waals surface area contributed by atoms with Gasteiger partial charge < -0.3 is 13.6 Å². The highest BCUT2D eigenvalue weighted by atomic mass is 32.1. The van der Waals surface area contributed by atoms with Gasteiger partial charge in [0.25, 0.3) is 0 Å². The molecule has 382 valence electrons. The van der Waals surface area contributed by atoms with E-state index in [1.807, 2.05) is 32.1 Å². The molecule has 3 heterocycles. The van der Waals surface area contributed by atoms with Crippen LogP contribution in [0, 0.1) is 18.8 Å². The van der Waals surface area contributed by atoms with Crippen molar-refractivity contribution in [3.8, 4) is 33.6 Å². The molecule has 0 saturated heterocycles. The molecule has 1 aliphatic carbocycles. The van der Waals surface area contributed by atoms with E-state index in [0.29, 0.717) is 5.92 Å². The Hall–Kier alpha value is -7.60. The van der Waals surface area contributed by atoms with E-state index in [2.05, 4.69) is 252 Å². The molecule has 0 spiro atoms. The predicted octanol–water partition coefficient (Wildman–Crippen LogP) is 20.5. The lowest BCUT2D eigenvalue weighted by Gasteiger charge is -2.13. The first kappa shape index (κ1) is 55.2. The van der Waals surface area contributed by atoms with Crippen LogP contribution >= 0.6 is 12.6 Å².